The van der Waals surface area contributed by atoms with Gasteiger partial charge in [0.15, 0.2) is 0 Å². The highest BCUT2D eigenvalue weighted by molar-refractivity contribution is 6.22. The van der Waals surface area contributed by atoms with Crippen LogP contribution in [0.1, 0.15) is 24.0 Å². The van der Waals surface area contributed by atoms with Crippen LogP contribution >= 0.6 is 0 Å². The van der Waals surface area contributed by atoms with Gasteiger partial charge in [-0.05, 0) is 103 Å². The quantitative estimate of drug-likeness (QED) is 0.200. The summed E-state index contributed by atoms with van der Waals surface area (Å²) in [5, 5.41) is 10.0. The average molecular weight is 549 g/mol. The van der Waals surface area contributed by atoms with Gasteiger partial charge in [-0.2, -0.15) is 0 Å². The molecule has 1 aromatic heterocycles. The van der Waals surface area contributed by atoms with Crippen molar-refractivity contribution >= 4 is 65.4 Å². The zero-order valence-corrected chi connectivity index (χ0v) is 23.7. The van der Waals surface area contributed by atoms with Crippen molar-refractivity contribution in [1.82, 2.24) is 0 Å². The maximum absolute atomic E-state index is 6.17. The number of allylic oxidation sites excluding steroid dienone is 4. The van der Waals surface area contributed by atoms with Gasteiger partial charge in [0.1, 0.15) is 11.2 Å². The van der Waals surface area contributed by atoms with Crippen molar-refractivity contribution < 1.29 is 4.42 Å². The maximum atomic E-state index is 6.17. The van der Waals surface area contributed by atoms with Gasteiger partial charge < -0.3 is 4.42 Å². The second kappa shape index (κ2) is 9.58. The molecule has 7 aromatic carbocycles. The van der Waals surface area contributed by atoms with Crippen LogP contribution in [0.15, 0.2) is 150 Å². The van der Waals surface area contributed by atoms with Crippen molar-refractivity contribution in [2.24, 2.45) is 0 Å². The normalized spacial score (nSPS) is 13.7. The molecule has 0 aliphatic heterocycles. The Kier molecular flexibility index (Phi) is 5.39. The summed E-state index contributed by atoms with van der Waals surface area (Å²) in [4.78, 5) is 0. The molecule has 0 atom stereocenters. The first-order valence-corrected chi connectivity index (χ1v) is 15.1. The SMILES string of the molecule is C1=CC(c2c3ccccc3c(-c3ccc4ccccc4c3)c3ccccc23)=C(c2ccc3oc4ccccc4c3c2)CC1. The lowest BCUT2D eigenvalue weighted by Gasteiger charge is -2.22. The number of rotatable bonds is 3. The molecule has 1 heterocycles. The van der Waals surface area contributed by atoms with Crippen molar-refractivity contribution in [2.45, 2.75) is 12.8 Å². The Morgan fingerprint density at radius 3 is 1.81 bits per heavy atom. The number of para-hydroxylation sites is 1. The van der Waals surface area contributed by atoms with Gasteiger partial charge in [0, 0.05) is 10.8 Å². The molecule has 0 amide bonds. The van der Waals surface area contributed by atoms with Gasteiger partial charge in [0.05, 0.1) is 0 Å². The molecule has 1 nitrogen and oxygen atoms in total. The minimum Gasteiger partial charge on any atom is -0.456 e. The van der Waals surface area contributed by atoms with Crippen molar-refractivity contribution in [3.8, 4) is 11.1 Å². The predicted octanol–water partition coefficient (Wildman–Crippen LogP) is 12.0. The zero-order valence-electron chi connectivity index (χ0n) is 23.7. The van der Waals surface area contributed by atoms with E-state index >= 15 is 0 Å². The Morgan fingerprint density at radius 2 is 1.05 bits per heavy atom. The van der Waals surface area contributed by atoms with Crippen LogP contribution in [0.4, 0.5) is 0 Å². The van der Waals surface area contributed by atoms with Gasteiger partial charge in [0.2, 0.25) is 0 Å². The summed E-state index contributed by atoms with van der Waals surface area (Å²) < 4.78 is 6.17. The smallest absolute Gasteiger partial charge is 0.135 e. The fraction of sp³-hybridized carbons (Fsp3) is 0.0476. The van der Waals surface area contributed by atoms with Crippen molar-refractivity contribution in [3.05, 3.63) is 157 Å². The van der Waals surface area contributed by atoms with E-state index in [4.69, 9.17) is 4.42 Å². The third-order valence-corrected chi connectivity index (χ3v) is 9.13. The molecule has 0 radical (unpaired) electrons. The number of hydrogen-bond acceptors (Lipinski definition) is 1. The monoisotopic (exact) mass is 548 g/mol. The average Bonchev–Trinajstić information content (AvgIpc) is 3.45. The lowest BCUT2D eigenvalue weighted by Crippen LogP contribution is -1.98. The van der Waals surface area contributed by atoms with Crippen molar-refractivity contribution in [1.29, 1.82) is 0 Å². The molecule has 0 saturated heterocycles. The lowest BCUT2D eigenvalue weighted by molar-refractivity contribution is 0.669. The van der Waals surface area contributed by atoms with Gasteiger partial charge in [-0.3, -0.25) is 0 Å². The lowest BCUT2D eigenvalue weighted by atomic mass is 9.81. The van der Waals surface area contributed by atoms with E-state index in [2.05, 4.69) is 140 Å². The molecule has 0 N–H and O–H groups in total. The Morgan fingerprint density at radius 1 is 0.442 bits per heavy atom. The molecule has 0 spiro atoms. The highest BCUT2D eigenvalue weighted by Gasteiger charge is 2.21. The molecule has 0 bridgehead atoms. The number of benzene rings is 7. The summed E-state index contributed by atoms with van der Waals surface area (Å²) in [7, 11) is 0. The fourth-order valence-electron chi connectivity index (χ4n) is 7.19. The molecule has 1 aliphatic carbocycles. The summed E-state index contributed by atoms with van der Waals surface area (Å²) in [6.07, 6.45) is 6.74. The number of hydrogen-bond donors (Lipinski definition) is 0. The van der Waals surface area contributed by atoms with Crippen molar-refractivity contribution in [2.75, 3.05) is 0 Å². The van der Waals surface area contributed by atoms with Crippen LogP contribution in [0.5, 0.6) is 0 Å². The van der Waals surface area contributed by atoms with E-state index in [1.165, 1.54) is 76.5 Å². The summed E-state index contributed by atoms with van der Waals surface area (Å²) >= 11 is 0. The van der Waals surface area contributed by atoms with Crippen LogP contribution in [-0.2, 0) is 0 Å². The number of fused-ring (bicyclic) bond motifs is 6. The summed E-state index contributed by atoms with van der Waals surface area (Å²) in [5.41, 5.74) is 9.73. The van der Waals surface area contributed by atoms with Gasteiger partial charge >= 0.3 is 0 Å². The largest absolute Gasteiger partial charge is 0.456 e. The second-order valence-electron chi connectivity index (χ2n) is 11.5. The van der Waals surface area contributed by atoms with Crippen LogP contribution in [0.2, 0.25) is 0 Å². The molecular formula is C42H28O. The molecule has 9 rings (SSSR count). The van der Waals surface area contributed by atoms with Crippen LogP contribution in [0.25, 0.3) is 76.5 Å². The Balaban J connectivity index is 1.35. The minimum absolute atomic E-state index is 0.939. The van der Waals surface area contributed by atoms with Gasteiger partial charge in [-0.25, -0.2) is 0 Å². The van der Waals surface area contributed by atoms with Gasteiger partial charge in [-0.1, -0.05) is 121 Å². The standard InChI is InChI=1S/C42H28O/c1-2-12-28-25-30(22-21-27(28)11-1)41-34-16-5-7-18-36(34)42(37-19-8-6-17-35(37)41)33-15-4-3-13-31(33)29-23-24-40-38(26-29)32-14-9-10-20-39(32)43-40/h1-2,4-12,14-26H,3,13H2. The van der Waals surface area contributed by atoms with E-state index < -0.39 is 0 Å². The first kappa shape index (κ1) is 24.2. The molecule has 8 aromatic rings. The highest BCUT2D eigenvalue weighted by Crippen LogP contribution is 2.46. The Bertz CT molecular complexity index is 2390. The van der Waals surface area contributed by atoms with Gasteiger partial charge in [-0.15, -0.1) is 0 Å². The van der Waals surface area contributed by atoms with Crippen LogP contribution in [0.3, 0.4) is 0 Å². The third-order valence-electron chi connectivity index (χ3n) is 9.13. The van der Waals surface area contributed by atoms with Crippen LogP contribution in [0, 0.1) is 0 Å². The van der Waals surface area contributed by atoms with E-state index in [0.29, 0.717) is 0 Å². The molecular weight excluding hydrogens is 520 g/mol. The second-order valence-corrected chi connectivity index (χ2v) is 11.5. The first-order valence-electron chi connectivity index (χ1n) is 15.1. The molecule has 0 fully saturated rings. The molecule has 202 valence electrons. The maximum Gasteiger partial charge on any atom is 0.135 e. The van der Waals surface area contributed by atoms with E-state index in [1.54, 1.807) is 0 Å². The summed E-state index contributed by atoms with van der Waals surface area (Å²) in [6.45, 7) is 0. The fourth-order valence-corrected chi connectivity index (χ4v) is 7.19. The molecule has 43 heavy (non-hydrogen) atoms. The zero-order chi connectivity index (χ0) is 28.3. The summed E-state index contributed by atoms with van der Waals surface area (Å²) in [6, 6.07) is 48.5. The molecule has 0 saturated carbocycles. The summed E-state index contributed by atoms with van der Waals surface area (Å²) in [5.74, 6) is 0. The van der Waals surface area contributed by atoms with Crippen LogP contribution in [-0.4, -0.2) is 0 Å². The van der Waals surface area contributed by atoms with E-state index in [0.717, 1.165) is 24.0 Å². The van der Waals surface area contributed by atoms with Crippen molar-refractivity contribution in [3.63, 3.8) is 0 Å². The van der Waals surface area contributed by atoms with E-state index in [-0.39, 0.29) is 0 Å². The van der Waals surface area contributed by atoms with E-state index in [1.807, 2.05) is 6.07 Å². The topological polar surface area (TPSA) is 13.1 Å². The molecule has 0 unspecified atom stereocenters. The Hall–Kier alpha value is -5.40. The number of furan rings is 1. The predicted molar refractivity (Wildman–Crippen MR) is 183 cm³/mol. The van der Waals surface area contributed by atoms with Crippen LogP contribution < -0.4 is 0 Å². The molecule has 1 heteroatoms. The molecule has 1 aliphatic rings. The highest BCUT2D eigenvalue weighted by atomic mass is 16.3. The first-order chi connectivity index (χ1) is 21.3. The minimum atomic E-state index is 0.939. The Labute approximate surface area is 250 Å². The third kappa shape index (κ3) is 3.78. The van der Waals surface area contributed by atoms with E-state index in [9.17, 15) is 0 Å². The van der Waals surface area contributed by atoms with Gasteiger partial charge in [0.25, 0.3) is 0 Å².